The zero-order chi connectivity index (χ0) is 14.5. The monoisotopic (exact) mass is 335 g/mol. The average molecular weight is 336 g/mol. The van der Waals surface area contributed by atoms with Gasteiger partial charge in [-0.1, -0.05) is 15.9 Å². The first-order valence-electron chi connectivity index (χ1n) is 6.34. The van der Waals surface area contributed by atoms with Crippen molar-refractivity contribution in [2.45, 2.75) is 13.5 Å². The molecule has 0 atom stereocenters. The summed E-state index contributed by atoms with van der Waals surface area (Å²) in [4.78, 5) is 0. The van der Waals surface area contributed by atoms with Gasteiger partial charge in [0.15, 0.2) is 0 Å². The van der Waals surface area contributed by atoms with E-state index in [9.17, 15) is 0 Å². The van der Waals surface area contributed by atoms with Crippen LogP contribution in [0.15, 0.2) is 40.9 Å². The SMILES string of the molecule is COc1ccc(OC)c(CNc2cc(C)cc(Br)c2)c1. The first-order valence-corrected chi connectivity index (χ1v) is 7.13. The molecule has 0 aromatic heterocycles. The van der Waals surface area contributed by atoms with Crippen molar-refractivity contribution >= 4 is 21.6 Å². The summed E-state index contributed by atoms with van der Waals surface area (Å²) in [6, 6.07) is 12.0. The van der Waals surface area contributed by atoms with E-state index in [1.165, 1.54) is 5.56 Å². The minimum Gasteiger partial charge on any atom is -0.497 e. The molecule has 0 amide bonds. The average Bonchev–Trinajstić information content (AvgIpc) is 2.43. The largest absolute Gasteiger partial charge is 0.497 e. The quantitative estimate of drug-likeness (QED) is 0.879. The molecule has 0 fully saturated rings. The smallest absolute Gasteiger partial charge is 0.124 e. The molecule has 0 spiro atoms. The Morgan fingerprint density at radius 3 is 2.50 bits per heavy atom. The van der Waals surface area contributed by atoms with Crippen molar-refractivity contribution in [2.75, 3.05) is 19.5 Å². The number of halogens is 1. The van der Waals surface area contributed by atoms with E-state index in [2.05, 4.69) is 46.4 Å². The van der Waals surface area contributed by atoms with Crippen LogP contribution >= 0.6 is 15.9 Å². The summed E-state index contributed by atoms with van der Waals surface area (Å²) < 4.78 is 11.7. The molecule has 2 aromatic rings. The number of hydrogen-bond acceptors (Lipinski definition) is 3. The lowest BCUT2D eigenvalue weighted by Crippen LogP contribution is -2.02. The zero-order valence-corrected chi connectivity index (χ0v) is 13.5. The summed E-state index contributed by atoms with van der Waals surface area (Å²) in [6.07, 6.45) is 0. The third-order valence-corrected chi connectivity index (χ3v) is 3.47. The lowest BCUT2D eigenvalue weighted by molar-refractivity contribution is 0.399. The highest BCUT2D eigenvalue weighted by molar-refractivity contribution is 9.10. The van der Waals surface area contributed by atoms with Gasteiger partial charge < -0.3 is 14.8 Å². The molecule has 2 aromatic carbocycles. The van der Waals surface area contributed by atoms with Crippen LogP contribution in [0.1, 0.15) is 11.1 Å². The Morgan fingerprint density at radius 1 is 1.05 bits per heavy atom. The minimum absolute atomic E-state index is 0.677. The zero-order valence-electron chi connectivity index (χ0n) is 11.9. The van der Waals surface area contributed by atoms with Crippen LogP contribution in [-0.2, 0) is 6.54 Å². The summed E-state index contributed by atoms with van der Waals surface area (Å²) in [5.74, 6) is 1.68. The Labute approximate surface area is 128 Å². The van der Waals surface area contributed by atoms with Crippen LogP contribution in [0.3, 0.4) is 0 Å². The van der Waals surface area contributed by atoms with Crippen molar-refractivity contribution in [3.8, 4) is 11.5 Å². The van der Waals surface area contributed by atoms with Crippen LogP contribution in [0, 0.1) is 6.92 Å². The van der Waals surface area contributed by atoms with Gasteiger partial charge in [0.2, 0.25) is 0 Å². The molecule has 0 radical (unpaired) electrons. The van der Waals surface area contributed by atoms with E-state index < -0.39 is 0 Å². The molecule has 106 valence electrons. The van der Waals surface area contributed by atoms with Crippen molar-refractivity contribution in [2.24, 2.45) is 0 Å². The van der Waals surface area contributed by atoms with Crippen molar-refractivity contribution in [3.63, 3.8) is 0 Å². The number of methoxy groups -OCH3 is 2. The maximum absolute atomic E-state index is 5.38. The number of nitrogens with one attached hydrogen (secondary N) is 1. The Kier molecular flexibility index (Phi) is 4.90. The topological polar surface area (TPSA) is 30.5 Å². The second kappa shape index (κ2) is 6.66. The Hall–Kier alpha value is -1.68. The van der Waals surface area contributed by atoms with Crippen LogP contribution in [0.25, 0.3) is 0 Å². The molecule has 0 aliphatic rings. The molecule has 20 heavy (non-hydrogen) atoms. The van der Waals surface area contributed by atoms with E-state index in [1.54, 1.807) is 14.2 Å². The highest BCUT2D eigenvalue weighted by Crippen LogP contribution is 2.26. The van der Waals surface area contributed by atoms with Gasteiger partial charge in [0.05, 0.1) is 14.2 Å². The molecular formula is C16H18BrNO2. The molecule has 0 aliphatic heterocycles. The van der Waals surface area contributed by atoms with Crippen LogP contribution in [0.5, 0.6) is 11.5 Å². The fourth-order valence-corrected chi connectivity index (χ4v) is 2.66. The number of benzene rings is 2. The van der Waals surface area contributed by atoms with Gasteiger partial charge in [0, 0.05) is 22.3 Å². The molecular weight excluding hydrogens is 318 g/mol. The summed E-state index contributed by atoms with van der Waals surface area (Å²) in [5, 5.41) is 3.40. The van der Waals surface area contributed by atoms with Crippen LogP contribution in [-0.4, -0.2) is 14.2 Å². The predicted octanol–water partition coefficient (Wildman–Crippen LogP) is 4.39. The van der Waals surface area contributed by atoms with Crippen molar-refractivity contribution < 1.29 is 9.47 Å². The predicted molar refractivity (Wildman–Crippen MR) is 85.8 cm³/mol. The van der Waals surface area contributed by atoms with Crippen LogP contribution < -0.4 is 14.8 Å². The van der Waals surface area contributed by atoms with Gasteiger partial charge >= 0.3 is 0 Å². The number of aryl methyl sites for hydroxylation is 1. The van der Waals surface area contributed by atoms with Gasteiger partial charge in [0.1, 0.15) is 11.5 Å². The molecule has 0 bridgehead atoms. The maximum atomic E-state index is 5.38. The molecule has 1 N–H and O–H groups in total. The number of ether oxygens (including phenoxy) is 2. The van der Waals surface area contributed by atoms with Gasteiger partial charge in [-0.05, 0) is 48.9 Å². The normalized spacial score (nSPS) is 10.2. The van der Waals surface area contributed by atoms with Crippen molar-refractivity contribution in [1.29, 1.82) is 0 Å². The Balaban J connectivity index is 2.17. The third-order valence-electron chi connectivity index (χ3n) is 3.01. The first-order chi connectivity index (χ1) is 9.62. The Morgan fingerprint density at radius 2 is 1.85 bits per heavy atom. The van der Waals surface area contributed by atoms with Gasteiger partial charge in [-0.15, -0.1) is 0 Å². The molecule has 0 saturated carbocycles. The fraction of sp³-hybridized carbons (Fsp3) is 0.250. The van der Waals surface area contributed by atoms with Crippen LogP contribution in [0.4, 0.5) is 5.69 Å². The molecule has 0 saturated heterocycles. The highest BCUT2D eigenvalue weighted by Gasteiger charge is 2.05. The van der Waals surface area contributed by atoms with E-state index >= 15 is 0 Å². The van der Waals surface area contributed by atoms with Gasteiger partial charge in [-0.2, -0.15) is 0 Å². The molecule has 0 unspecified atom stereocenters. The second-order valence-corrected chi connectivity index (χ2v) is 5.46. The van der Waals surface area contributed by atoms with Crippen molar-refractivity contribution in [3.05, 3.63) is 52.0 Å². The molecule has 3 nitrogen and oxygen atoms in total. The number of hydrogen-bond donors (Lipinski definition) is 1. The summed E-state index contributed by atoms with van der Waals surface area (Å²) >= 11 is 3.51. The number of anilines is 1. The fourth-order valence-electron chi connectivity index (χ4n) is 2.06. The van der Waals surface area contributed by atoms with E-state index in [0.29, 0.717) is 6.54 Å². The van der Waals surface area contributed by atoms with E-state index in [0.717, 1.165) is 27.2 Å². The number of rotatable bonds is 5. The maximum Gasteiger partial charge on any atom is 0.124 e. The summed E-state index contributed by atoms with van der Waals surface area (Å²) in [7, 11) is 3.34. The van der Waals surface area contributed by atoms with E-state index in [4.69, 9.17) is 9.47 Å². The standard InChI is InChI=1S/C16H18BrNO2/c1-11-6-13(17)9-14(7-11)18-10-12-8-15(19-2)4-5-16(12)20-3/h4-9,18H,10H2,1-3H3. The molecule has 4 heteroatoms. The summed E-state index contributed by atoms with van der Waals surface area (Å²) in [6.45, 7) is 2.75. The van der Waals surface area contributed by atoms with E-state index in [-0.39, 0.29) is 0 Å². The summed E-state index contributed by atoms with van der Waals surface area (Å²) in [5.41, 5.74) is 3.34. The van der Waals surface area contributed by atoms with Crippen LogP contribution in [0.2, 0.25) is 0 Å². The van der Waals surface area contributed by atoms with Crippen molar-refractivity contribution in [1.82, 2.24) is 0 Å². The van der Waals surface area contributed by atoms with Gasteiger partial charge in [0.25, 0.3) is 0 Å². The third kappa shape index (κ3) is 3.67. The molecule has 2 rings (SSSR count). The minimum atomic E-state index is 0.677. The highest BCUT2D eigenvalue weighted by atomic mass is 79.9. The van der Waals surface area contributed by atoms with E-state index in [1.807, 2.05) is 18.2 Å². The first kappa shape index (κ1) is 14.7. The molecule has 0 aliphatic carbocycles. The Bertz CT molecular complexity index is 579. The lowest BCUT2D eigenvalue weighted by Gasteiger charge is -2.13. The second-order valence-electron chi connectivity index (χ2n) is 4.55. The lowest BCUT2D eigenvalue weighted by atomic mass is 10.1. The van der Waals surface area contributed by atoms with Gasteiger partial charge in [-0.25, -0.2) is 0 Å². The molecule has 0 heterocycles. The van der Waals surface area contributed by atoms with Gasteiger partial charge in [-0.3, -0.25) is 0 Å².